The van der Waals surface area contributed by atoms with Crippen molar-refractivity contribution >= 4 is 11.8 Å². The molecule has 0 spiro atoms. The largest absolute Gasteiger partial charge is 0.297 e. The van der Waals surface area contributed by atoms with Crippen molar-refractivity contribution < 1.29 is 9.59 Å². The summed E-state index contributed by atoms with van der Waals surface area (Å²) in [5, 5.41) is 2.41. The van der Waals surface area contributed by atoms with Crippen molar-refractivity contribution in [3.05, 3.63) is 35.4 Å². The predicted molar refractivity (Wildman–Crippen MR) is 66.6 cm³/mol. The molecule has 94 valence electrons. The van der Waals surface area contributed by atoms with Gasteiger partial charge in [0.1, 0.15) is 0 Å². The van der Waals surface area contributed by atoms with Gasteiger partial charge in [-0.05, 0) is 12.5 Å². The lowest BCUT2D eigenvalue weighted by molar-refractivity contribution is -0.126. The van der Waals surface area contributed by atoms with Crippen molar-refractivity contribution in [1.82, 2.24) is 10.2 Å². The minimum absolute atomic E-state index is 0.101. The van der Waals surface area contributed by atoms with Gasteiger partial charge in [0.15, 0.2) is 0 Å². The highest BCUT2D eigenvalue weighted by molar-refractivity contribution is 6.05. The number of carbonyl (C=O) groups excluding carboxylic acids is 2. The number of nitrogens with zero attached hydrogens (tertiary/aromatic N) is 1. The molecule has 2 aliphatic rings. The van der Waals surface area contributed by atoms with E-state index in [2.05, 4.69) is 41.4 Å². The van der Waals surface area contributed by atoms with Crippen LogP contribution in [-0.2, 0) is 16.1 Å². The first-order chi connectivity index (χ1) is 8.63. The SMILES string of the molecule is Cc1ccc(CN2C[C@@H]3C(=O)NC(=O)[C@@H]3C2)cc1. The zero-order chi connectivity index (χ0) is 12.7. The topological polar surface area (TPSA) is 49.4 Å². The fraction of sp³-hybridized carbons (Fsp3) is 0.429. The summed E-state index contributed by atoms with van der Waals surface area (Å²) < 4.78 is 0. The molecule has 0 aliphatic carbocycles. The predicted octanol–water partition coefficient (Wildman–Crippen LogP) is 0.699. The number of rotatable bonds is 2. The molecule has 2 saturated heterocycles. The van der Waals surface area contributed by atoms with E-state index in [1.807, 2.05) is 0 Å². The maximum atomic E-state index is 11.6. The lowest BCUT2D eigenvalue weighted by Crippen LogP contribution is -2.31. The number of likely N-dealkylation sites (tertiary alicyclic amines) is 1. The number of hydrogen-bond acceptors (Lipinski definition) is 3. The van der Waals surface area contributed by atoms with Gasteiger partial charge in [0, 0.05) is 19.6 Å². The first-order valence-electron chi connectivity index (χ1n) is 6.26. The summed E-state index contributed by atoms with van der Waals surface area (Å²) >= 11 is 0. The Bertz CT molecular complexity index is 473. The van der Waals surface area contributed by atoms with Gasteiger partial charge in [-0.3, -0.25) is 19.8 Å². The highest BCUT2D eigenvalue weighted by Crippen LogP contribution is 2.29. The van der Waals surface area contributed by atoms with Crippen LogP contribution in [0.3, 0.4) is 0 Å². The number of aryl methyl sites for hydroxylation is 1. The molecule has 1 aromatic carbocycles. The Hall–Kier alpha value is -1.68. The van der Waals surface area contributed by atoms with Crippen LogP contribution in [0.25, 0.3) is 0 Å². The third kappa shape index (κ3) is 1.93. The van der Waals surface area contributed by atoms with Crippen LogP contribution in [0.4, 0.5) is 0 Å². The summed E-state index contributed by atoms with van der Waals surface area (Å²) in [4.78, 5) is 25.3. The third-order valence-electron chi connectivity index (χ3n) is 3.84. The van der Waals surface area contributed by atoms with Gasteiger partial charge < -0.3 is 0 Å². The van der Waals surface area contributed by atoms with Gasteiger partial charge in [0.05, 0.1) is 11.8 Å². The standard InChI is InChI=1S/C14H16N2O2/c1-9-2-4-10(5-3-9)6-16-7-11-12(8-16)14(18)15-13(11)17/h2-5,11-12H,6-8H2,1H3,(H,15,17,18)/t11-,12+. The number of imide groups is 1. The Morgan fingerprint density at radius 3 is 2.22 bits per heavy atom. The van der Waals surface area contributed by atoms with Gasteiger partial charge in [0.25, 0.3) is 0 Å². The van der Waals surface area contributed by atoms with Crippen molar-refractivity contribution in [2.24, 2.45) is 11.8 Å². The van der Waals surface area contributed by atoms with Crippen LogP contribution in [-0.4, -0.2) is 29.8 Å². The van der Waals surface area contributed by atoms with Crippen LogP contribution < -0.4 is 5.32 Å². The van der Waals surface area contributed by atoms with E-state index in [0.29, 0.717) is 13.1 Å². The van der Waals surface area contributed by atoms with Gasteiger partial charge in [-0.1, -0.05) is 29.8 Å². The highest BCUT2D eigenvalue weighted by atomic mass is 16.2. The quantitative estimate of drug-likeness (QED) is 0.779. The summed E-state index contributed by atoms with van der Waals surface area (Å²) in [6.45, 7) is 4.26. The lowest BCUT2D eigenvalue weighted by Gasteiger charge is -2.16. The van der Waals surface area contributed by atoms with E-state index in [0.717, 1.165) is 6.54 Å². The molecular weight excluding hydrogens is 228 g/mol. The minimum Gasteiger partial charge on any atom is -0.297 e. The molecule has 0 unspecified atom stereocenters. The van der Waals surface area contributed by atoms with Crippen molar-refractivity contribution in [2.75, 3.05) is 13.1 Å². The summed E-state index contributed by atoms with van der Waals surface area (Å²) in [6, 6.07) is 8.38. The van der Waals surface area contributed by atoms with E-state index in [1.165, 1.54) is 11.1 Å². The molecule has 2 fully saturated rings. The average Bonchev–Trinajstić information content (AvgIpc) is 2.85. The molecule has 2 aliphatic heterocycles. The zero-order valence-electron chi connectivity index (χ0n) is 10.3. The summed E-state index contributed by atoms with van der Waals surface area (Å²) in [6.07, 6.45) is 0. The fourth-order valence-corrected chi connectivity index (χ4v) is 2.80. The van der Waals surface area contributed by atoms with Gasteiger partial charge >= 0.3 is 0 Å². The number of fused-ring (bicyclic) bond motifs is 1. The van der Waals surface area contributed by atoms with E-state index in [4.69, 9.17) is 0 Å². The van der Waals surface area contributed by atoms with Crippen molar-refractivity contribution in [1.29, 1.82) is 0 Å². The molecule has 1 N–H and O–H groups in total. The molecule has 0 saturated carbocycles. The minimum atomic E-state index is -0.136. The van der Waals surface area contributed by atoms with E-state index >= 15 is 0 Å². The third-order valence-corrected chi connectivity index (χ3v) is 3.84. The van der Waals surface area contributed by atoms with Crippen LogP contribution >= 0.6 is 0 Å². The molecule has 0 bridgehead atoms. The van der Waals surface area contributed by atoms with Crippen LogP contribution in [0.2, 0.25) is 0 Å². The number of benzene rings is 1. The normalized spacial score (nSPS) is 27.4. The first-order valence-corrected chi connectivity index (χ1v) is 6.26. The van der Waals surface area contributed by atoms with Crippen LogP contribution in [0.15, 0.2) is 24.3 Å². The molecule has 4 heteroatoms. The van der Waals surface area contributed by atoms with E-state index in [1.54, 1.807) is 0 Å². The number of carbonyl (C=O) groups is 2. The Morgan fingerprint density at radius 2 is 1.67 bits per heavy atom. The molecule has 4 nitrogen and oxygen atoms in total. The summed E-state index contributed by atoms with van der Waals surface area (Å²) in [5.41, 5.74) is 2.47. The lowest BCUT2D eigenvalue weighted by atomic mass is 10.00. The number of nitrogens with one attached hydrogen (secondary N) is 1. The second-order valence-electron chi connectivity index (χ2n) is 5.25. The van der Waals surface area contributed by atoms with Crippen LogP contribution in [0, 0.1) is 18.8 Å². The smallest absolute Gasteiger partial charge is 0.231 e. The van der Waals surface area contributed by atoms with Gasteiger partial charge in [0.2, 0.25) is 11.8 Å². The second kappa shape index (κ2) is 4.21. The number of amides is 2. The molecule has 3 rings (SSSR count). The Kier molecular flexibility index (Phi) is 2.67. The van der Waals surface area contributed by atoms with E-state index in [9.17, 15) is 9.59 Å². The Labute approximate surface area is 106 Å². The van der Waals surface area contributed by atoms with Crippen molar-refractivity contribution in [3.8, 4) is 0 Å². The van der Waals surface area contributed by atoms with Gasteiger partial charge in [-0.15, -0.1) is 0 Å². The van der Waals surface area contributed by atoms with Crippen molar-refractivity contribution in [3.63, 3.8) is 0 Å². The van der Waals surface area contributed by atoms with Crippen LogP contribution in [0.1, 0.15) is 11.1 Å². The van der Waals surface area contributed by atoms with E-state index < -0.39 is 0 Å². The van der Waals surface area contributed by atoms with E-state index in [-0.39, 0.29) is 23.7 Å². The highest BCUT2D eigenvalue weighted by Gasteiger charge is 2.47. The molecule has 2 amide bonds. The monoisotopic (exact) mass is 244 g/mol. The summed E-state index contributed by atoms with van der Waals surface area (Å²) in [7, 11) is 0. The average molecular weight is 244 g/mol. The summed E-state index contributed by atoms with van der Waals surface area (Å²) in [5.74, 6) is -0.473. The molecule has 0 radical (unpaired) electrons. The maximum Gasteiger partial charge on any atom is 0.231 e. The molecule has 2 atom stereocenters. The fourth-order valence-electron chi connectivity index (χ4n) is 2.80. The molecule has 0 aromatic heterocycles. The molecule has 1 aromatic rings. The Morgan fingerprint density at radius 1 is 1.11 bits per heavy atom. The first kappa shape index (κ1) is 11.4. The Balaban J connectivity index is 1.68. The maximum absolute atomic E-state index is 11.6. The molecule has 2 heterocycles. The zero-order valence-corrected chi connectivity index (χ0v) is 10.3. The van der Waals surface area contributed by atoms with Gasteiger partial charge in [-0.2, -0.15) is 0 Å². The van der Waals surface area contributed by atoms with Crippen LogP contribution in [0.5, 0.6) is 0 Å². The molecule has 18 heavy (non-hydrogen) atoms. The van der Waals surface area contributed by atoms with Gasteiger partial charge in [-0.25, -0.2) is 0 Å². The van der Waals surface area contributed by atoms with Crippen molar-refractivity contribution in [2.45, 2.75) is 13.5 Å². The molecular formula is C14H16N2O2. The second-order valence-corrected chi connectivity index (χ2v) is 5.25. The number of hydrogen-bond donors (Lipinski definition) is 1.